The molecule has 0 radical (unpaired) electrons. The van der Waals surface area contributed by atoms with Crippen molar-refractivity contribution in [2.24, 2.45) is 5.73 Å². The molecule has 0 aromatic carbocycles. The van der Waals surface area contributed by atoms with Gasteiger partial charge in [-0.3, -0.25) is 0 Å². The predicted octanol–water partition coefficient (Wildman–Crippen LogP) is 2.06. The van der Waals surface area contributed by atoms with E-state index in [1.165, 1.54) is 11.3 Å². The standard InChI is InChI=1S/C11H20N2O2S2/c1-3-5-9(4-2)13-17(14,15)11-6-7-16-10(11)8-12/h6-7,9,13H,3-5,8,12H2,1-2H3. The van der Waals surface area contributed by atoms with Crippen molar-refractivity contribution in [3.8, 4) is 0 Å². The second-order valence-electron chi connectivity index (χ2n) is 3.93. The molecular formula is C11H20N2O2S2. The van der Waals surface area contributed by atoms with E-state index in [1.54, 1.807) is 11.4 Å². The molecule has 0 saturated heterocycles. The van der Waals surface area contributed by atoms with E-state index in [1.807, 2.05) is 13.8 Å². The monoisotopic (exact) mass is 276 g/mol. The number of nitrogens with one attached hydrogen (secondary N) is 1. The molecule has 0 fully saturated rings. The lowest BCUT2D eigenvalue weighted by Gasteiger charge is -2.16. The summed E-state index contributed by atoms with van der Waals surface area (Å²) in [6.07, 6.45) is 2.63. The largest absolute Gasteiger partial charge is 0.326 e. The van der Waals surface area contributed by atoms with Gasteiger partial charge in [0.25, 0.3) is 0 Å². The summed E-state index contributed by atoms with van der Waals surface area (Å²) in [4.78, 5) is 1.04. The Hall–Kier alpha value is -0.430. The van der Waals surface area contributed by atoms with Crippen molar-refractivity contribution in [1.29, 1.82) is 0 Å². The molecule has 1 rings (SSSR count). The minimum atomic E-state index is -3.41. The molecule has 1 unspecified atom stereocenters. The van der Waals surface area contributed by atoms with Crippen molar-refractivity contribution in [2.45, 2.75) is 50.6 Å². The third kappa shape index (κ3) is 3.77. The van der Waals surface area contributed by atoms with Gasteiger partial charge in [0, 0.05) is 17.5 Å². The SMILES string of the molecule is CCCC(CC)NS(=O)(=O)c1ccsc1CN. The van der Waals surface area contributed by atoms with Crippen molar-refractivity contribution in [1.82, 2.24) is 4.72 Å². The van der Waals surface area contributed by atoms with Gasteiger partial charge in [0.2, 0.25) is 10.0 Å². The Kier molecular flexibility index (Phi) is 5.58. The van der Waals surface area contributed by atoms with Crippen molar-refractivity contribution >= 4 is 21.4 Å². The van der Waals surface area contributed by atoms with E-state index >= 15 is 0 Å². The highest BCUT2D eigenvalue weighted by Gasteiger charge is 2.21. The molecule has 98 valence electrons. The average molecular weight is 276 g/mol. The molecule has 0 bridgehead atoms. The molecule has 1 heterocycles. The van der Waals surface area contributed by atoms with Gasteiger partial charge < -0.3 is 5.73 Å². The van der Waals surface area contributed by atoms with Crippen LogP contribution in [0.15, 0.2) is 16.3 Å². The van der Waals surface area contributed by atoms with Crippen LogP contribution in [0.2, 0.25) is 0 Å². The van der Waals surface area contributed by atoms with Crippen LogP contribution in [-0.4, -0.2) is 14.5 Å². The van der Waals surface area contributed by atoms with Crippen molar-refractivity contribution in [3.63, 3.8) is 0 Å². The molecule has 17 heavy (non-hydrogen) atoms. The highest BCUT2D eigenvalue weighted by molar-refractivity contribution is 7.89. The zero-order chi connectivity index (χ0) is 12.9. The number of hydrogen-bond acceptors (Lipinski definition) is 4. The van der Waals surface area contributed by atoms with Crippen molar-refractivity contribution in [2.75, 3.05) is 0 Å². The van der Waals surface area contributed by atoms with E-state index < -0.39 is 10.0 Å². The number of thiophene rings is 1. The maximum absolute atomic E-state index is 12.2. The first-order valence-electron chi connectivity index (χ1n) is 5.83. The first-order chi connectivity index (χ1) is 8.05. The number of sulfonamides is 1. The average Bonchev–Trinajstić information content (AvgIpc) is 2.77. The number of hydrogen-bond donors (Lipinski definition) is 2. The summed E-state index contributed by atoms with van der Waals surface area (Å²) in [6, 6.07) is 1.63. The second-order valence-corrected chi connectivity index (χ2v) is 6.61. The topological polar surface area (TPSA) is 72.2 Å². The van der Waals surface area contributed by atoms with E-state index in [0.717, 1.165) is 19.3 Å². The van der Waals surface area contributed by atoms with Gasteiger partial charge in [0.05, 0.1) is 4.90 Å². The molecule has 1 atom stereocenters. The fraction of sp³-hybridized carbons (Fsp3) is 0.636. The Bertz CT molecular complexity index is 440. The quantitative estimate of drug-likeness (QED) is 0.800. The Morgan fingerprint density at radius 3 is 2.71 bits per heavy atom. The normalized spacial score (nSPS) is 13.8. The third-order valence-corrected chi connectivity index (χ3v) is 5.31. The molecule has 6 heteroatoms. The fourth-order valence-electron chi connectivity index (χ4n) is 1.69. The molecule has 3 N–H and O–H groups in total. The molecule has 4 nitrogen and oxygen atoms in total. The lowest BCUT2D eigenvalue weighted by Crippen LogP contribution is -2.34. The van der Waals surface area contributed by atoms with Crippen LogP contribution >= 0.6 is 11.3 Å². The number of nitrogens with two attached hydrogens (primary N) is 1. The van der Waals surface area contributed by atoms with Crippen LogP contribution in [0, 0.1) is 0 Å². The summed E-state index contributed by atoms with van der Waals surface area (Å²) in [5, 5.41) is 1.76. The molecule has 1 aromatic heterocycles. The van der Waals surface area contributed by atoms with Gasteiger partial charge in [-0.25, -0.2) is 13.1 Å². The van der Waals surface area contributed by atoms with Crippen LogP contribution < -0.4 is 10.5 Å². The van der Waals surface area contributed by atoms with Crippen molar-refractivity contribution < 1.29 is 8.42 Å². The lowest BCUT2D eigenvalue weighted by molar-refractivity contribution is 0.512. The van der Waals surface area contributed by atoms with Gasteiger partial charge in [-0.2, -0.15) is 0 Å². The molecule has 0 aliphatic heterocycles. The summed E-state index contributed by atoms with van der Waals surface area (Å²) in [7, 11) is -3.41. The van der Waals surface area contributed by atoms with Gasteiger partial charge in [0.1, 0.15) is 0 Å². The van der Waals surface area contributed by atoms with Gasteiger partial charge in [-0.05, 0) is 24.3 Å². The van der Waals surface area contributed by atoms with E-state index in [4.69, 9.17) is 5.73 Å². The highest BCUT2D eigenvalue weighted by atomic mass is 32.2. The van der Waals surface area contributed by atoms with Gasteiger partial charge in [-0.1, -0.05) is 20.3 Å². The van der Waals surface area contributed by atoms with E-state index in [9.17, 15) is 8.42 Å². The summed E-state index contributed by atoms with van der Waals surface area (Å²) in [5.74, 6) is 0. The fourth-order valence-corrected chi connectivity index (χ4v) is 4.38. The highest BCUT2D eigenvalue weighted by Crippen LogP contribution is 2.22. The first-order valence-corrected chi connectivity index (χ1v) is 8.20. The minimum Gasteiger partial charge on any atom is -0.326 e. The Morgan fingerprint density at radius 2 is 2.18 bits per heavy atom. The molecule has 0 aliphatic carbocycles. The summed E-state index contributed by atoms with van der Waals surface area (Å²) in [6.45, 7) is 4.30. The zero-order valence-corrected chi connectivity index (χ0v) is 11.9. The molecule has 0 spiro atoms. The lowest BCUT2D eigenvalue weighted by atomic mass is 10.1. The van der Waals surface area contributed by atoms with Crippen LogP contribution in [0.3, 0.4) is 0 Å². The van der Waals surface area contributed by atoms with E-state index in [0.29, 0.717) is 9.77 Å². The third-order valence-electron chi connectivity index (χ3n) is 2.63. The van der Waals surface area contributed by atoms with Crippen LogP contribution in [0.4, 0.5) is 0 Å². The Balaban J connectivity index is 2.88. The smallest absolute Gasteiger partial charge is 0.241 e. The summed E-state index contributed by atoms with van der Waals surface area (Å²) in [5.41, 5.74) is 5.53. The van der Waals surface area contributed by atoms with Gasteiger partial charge in [-0.15, -0.1) is 11.3 Å². The zero-order valence-electron chi connectivity index (χ0n) is 10.3. The maximum Gasteiger partial charge on any atom is 0.241 e. The minimum absolute atomic E-state index is 0.00974. The molecule has 0 amide bonds. The summed E-state index contributed by atoms with van der Waals surface area (Å²) >= 11 is 1.38. The maximum atomic E-state index is 12.2. The molecule has 0 saturated carbocycles. The second kappa shape index (κ2) is 6.49. The van der Waals surface area contributed by atoms with Crippen LogP contribution in [0.25, 0.3) is 0 Å². The number of rotatable bonds is 7. The predicted molar refractivity (Wildman–Crippen MR) is 71.5 cm³/mol. The Morgan fingerprint density at radius 1 is 1.47 bits per heavy atom. The first kappa shape index (κ1) is 14.6. The molecule has 0 aliphatic rings. The molecular weight excluding hydrogens is 256 g/mol. The molecule has 1 aromatic rings. The van der Waals surface area contributed by atoms with Crippen LogP contribution in [0.1, 0.15) is 38.0 Å². The van der Waals surface area contributed by atoms with E-state index in [2.05, 4.69) is 4.72 Å². The summed E-state index contributed by atoms with van der Waals surface area (Å²) < 4.78 is 27.1. The Labute approximate surface area is 107 Å². The van der Waals surface area contributed by atoms with E-state index in [-0.39, 0.29) is 12.6 Å². The van der Waals surface area contributed by atoms with Crippen LogP contribution in [0.5, 0.6) is 0 Å². The van der Waals surface area contributed by atoms with Gasteiger partial charge in [0.15, 0.2) is 0 Å². The van der Waals surface area contributed by atoms with Crippen molar-refractivity contribution in [3.05, 3.63) is 16.3 Å². The van der Waals surface area contributed by atoms with Gasteiger partial charge >= 0.3 is 0 Å². The van der Waals surface area contributed by atoms with Crippen LogP contribution in [-0.2, 0) is 16.6 Å².